The van der Waals surface area contributed by atoms with Crippen LogP contribution in [-0.4, -0.2) is 89.3 Å². The Morgan fingerprint density at radius 1 is 1.14 bits per heavy atom. The second kappa shape index (κ2) is 14.1. The van der Waals surface area contributed by atoms with Crippen molar-refractivity contribution >= 4 is 23.4 Å². The number of nitrogens with zero attached hydrogens (tertiary/aromatic N) is 3. The summed E-state index contributed by atoms with van der Waals surface area (Å²) in [5.74, 6) is -1.70. The number of ether oxygens (including phenoxy) is 2. The molecule has 3 saturated heterocycles. The summed E-state index contributed by atoms with van der Waals surface area (Å²) in [6.45, 7) is 17.0. The van der Waals surface area contributed by atoms with E-state index in [-0.39, 0.29) is 36.8 Å². The third-order valence-electron chi connectivity index (χ3n) is 9.30. The SMILES string of the molecule is C=CCN(CCCCC)C(=O)C1N([C@@H](CO)C(C)C)C(=O)[C@@H]2[C@@H](C(=O)N(CC=C)c3ccc(OCC)cc3)[C@H]3CCC12O3. The van der Waals surface area contributed by atoms with Gasteiger partial charge in [0.05, 0.1) is 37.2 Å². The van der Waals surface area contributed by atoms with Crippen LogP contribution in [0, 0.1) is 17.8 Å². The lowest BCUT2D eigenvalue weighted by Gasteiger charge is -2.40. The third-order valence-corrected chi connectivity index (χ3v) is 9.30. The molecule has 2 bridgehead atoms. The van der Waals surface area contributed by atoms with Gasteiger partial charge in [-0.05, 0) is 56.4 Å². The molecule has 1 aromatic rings. The number of fused-ring (bicyclic) bond motifs is 1. The first-order valence-corrected chi connectivity index (χ1v) is 15.9. The summed E-state index contributed by atoms with van der Waals surface area (Å²) < 4.78 is 12.3. The van der Waals surface area contributed by atoms with Crippen molar-refractivity contribution in [2.24, 2.45) is 17.8 Å². The van der Waals surface area contributed by atoms with Crippen LogP contribution < -0.4 is 9.64 Å². The van der Waals surface area contributed by atoms with Gasteiger partial charge < -0.3 is 29.3 Å². The molecule has 0 aliphatic carbocycles. The molecule has 9 nitrogen and oxygen atoms in total. The molecule has 0 saturated carbocycles. The van der Waals surface area contributed by atoms with Crippen LogP contribution in [0.2, 0.25) is 0 Å². The van der Waals surface area contributed by atoms with Crippen molar-refractivity contribution in [3.05, 3.63) is 49.6 Å². The van der Waals surface area contributed by atoms with Crippen LogP contribution in [0.1, 0.15) is 59.8 Å². The predicted molar refractivity (Wildman–Crippen MR) is 167 cm³/mol. The molecule has 43 heavy (non-hydrogen) atoms. The van der Waals surface area contributed by atoms with Gasteiger partial charge in [0.2, 0.25) is 17.7 Å². The number of unbranched alkanes of at least 4 members (excludes halogenated alkanes) is 2. The van der Waals surface area contributed by atoms with E-state index in [1.54, 1.807) is 26.9 Å². The topological polar surface area (TPSA) is 99.6 Å². The maximum absolute atomic E-state index is 14.5. The summed E-state index contributed by atoms with van der Waals surface area (Å²) in [5.41, 5.74) is -0.465. The van der Waals surface area contributed by atoms with Crippen LogP contribution in [0.4, 0.5) is 5.69 Å². The van der Waals surface area contributed by atoms with E-state index in [2.05, 4.69) is 20.1 Å². The first kappa shape index (κ1) is 32.7. The van der Waals surface area contributed by atoms with E-state index in [1.807, 2.05) is 45.0 Å². The molecule has 1 spiro atoms. The van der Waals surface area contributed by atoms with Crippen LogP contribution >= 0.6 is 0 Å². The molecule has 9 heteroatoms. The summed E-state index contributed by atoms with van der Waals surface area (Å²) in [7, 11) is 0. The zero-order chi connectivity index (χ0) is 31.3. The fourth-order valence-electron chi connectivity index (χ4n) is 7.32. The lowest BCUT2D eigenvalue weighted by atomic mass is 9.70. The largest absolute Gasteiger partial charge is 0.494 e. The van der Waals surface area contributed by atoms with Crippen LogP contribution in [0.25, 0.3) is 0 Å². The number of anilines is 1. The van der Waals surface area contributed by atoms with Gasteiger partial charge in [0.1, 0.15) is 17.4 Å². The van der Waals surface area contributed by atoms with Crippen molar-refractivity contribution in [1.29, 1.82) is 0 Å². The fourth-order valence-corrected chi connectivity index (χ4v) is 7.32. The quantitative estimate of drug-likeness (QED) is 0.227. The monoisotopic (exact) mass is 595 g/mol. The molecule has 0 radical (unpaired) electrons. The Kier molecular flexibility index (Phi) is 10.7. The molecule has 1 N–H and O–H groups in total. The summed E-state index contributed by atoms with van der Waals surface area (Å²) in [6.07, 6.45) is 6.80. The molecule has 3 fully saturated rings. The molecule has 6 atom stereocenters. The highest BCUT2D eigenvalue weighted by Crippen LogP contribution is 2.59. The maximum Gasteiger partial charge on any atom is 0.248 e. The van der Waals surface area contributed by atoms with E-state index in [1.165, 1.54) is 0 Å². The predicted octanol–water partition coefficient (Wildman–Crippen LogP) is 4.20. The number of likely N-dealkylation sites (tertiary alicyclic amines) is 1. The van der Waals surface area contributed by atoms with Gasteiger partial charge in [0.15, 0.2) is 0 Å². The van der Waals surface area contributed by atoms with Gasteiger partial charge in [-0.25, -0.2) is 0 Å². The van der Waals surface area contributed by atoms with Crippen LogP contribution in [0.5, 0.6) is 5.75 Å². The Balaban J connectivity index is 1.75. The Bertz CT molecular complexity index is 1170. The maximum atomic E-state index is 14.5. The van der Waals surface area contributed by atoms with Crippen molar-refractivity contribution in [1.82, 2.24) is 9.80 Å². The van der Waals surface area contributed by atoms with E-state index in [0.717, 1.165) is 19.3 Å². The van der Waals surface area contributed by atoms with Crippen molar-refractivity contribution in [2.75, 3.05) is 37.7 Å². The summed E-state index contributed by atoms with van der Waals surface area (Å²) >= 11 is 0. The number of carbonyl (C=O) groups excluding carboxylic acids is 3. The zero-order valence-corrected chi connectivity index (χ0v) is 26.2. The molecule has 3 amide bonds. The van der Waals surface area contributed by atoms with Gasteiger partial charge >= 0.3 is 0 Å². The molecular weight excluding hydrogens is 546 g/mol. The number of carbonyl (C=O) groups is 3. The van der Waals surface area contributed by atoms with E-state index in [9.17, 15) is 19.5 Å². The zero-order valence-electron chi connectivity index (χ0n) is 26.2. The Labute approximate surface area is 256 Å². The number of aliphatic hydroxyl groups is 1. The normalized spacial score (nSPS) is 26.4. The molecule has 3 aliphatic rings. The fraction of sp³-hybridized carbons (Fsp3) is 0.618. The summed E-state index contributed by atoms with van der Waals surface area (Å²) in [4.78, 5) is 48.4. The average molecular weight is 596 g/mol. The van der Waals surface area contributed by atoms with Gasteiger partial charge in [-0.2, -0.15) is 0 Å². The molecule has 4 rings (SSSR count). The van der Waals surface area contributed by atoms with Gasteiger partial charge in [0.25, 0.3) is 0 Å². The first-order chi connectivity index (χ1) is 20.7. The number of rotatable bonds is 16. The number of hydrogen-bond acceptors (Lipinski definition) is 6. The first-order valence-electron chi connectivity index (χ1n) is 15.9. The highest BCUT2D eigenvalue weighted by Gasteiger charge is 2.75. The van der Waals surface area contributed by atoms with Crippen LogP contribution in [0.15, 0.2) is 49.6 Å². The summed E-state index contributed by atoms with van der Waals surface area (Å²) in [5, 5.41) is 10.5. The second-order valence-electron chi connectivity index (χ2n) is 12.2. The Morgan fingerprint density at radius 2 is 1.84 bits per heavy atom. The smallest absolute Gasteiger partial charge is 0.248 e. The van der Waals surface area contributed by atoms with Crippen molar-refractivity contribution < 1.29 is 29.0 Å². The highest BCUT2D eigenvalue weighted by atomic mass is 16.5. The van der Waals surface area contributed by atoms with Crippen molar-refractivity contribution in [3.8, 4) is 5.75 Å². The molecular formula is C34H49N3O6. The lowest BCUT2D eigenvalue weighted by Crippen LogP contribution is -2.59. The van der Waals surface area contributed by atoms with Crippen molar-refractivity contribution in [2.45, 2.75) is 83.6 Å². The standard InChI is InChI=1S/C34H49N3O6/c1-7-11-12-21-35(19-8-2)33(41)30-34-18-17-27(43-34)28(29(34)32(40)37(30)26(22-38)23(5)6)31(39)36(20-9-3)24-13-15-25(16-14-24)42-10-4/h8-9,13-16,23,26-30,38H,2-3,7,10-12,17-22H2,1,4-6H3/t26-,27+,28-,29-,30?,34?/m0/s1. The third kappa shape index (κ3) is 5.98. The van der Waals surface area contributed by atoms with E-state index in [4.69, 9.17) is 9.47 Å². The number of amides is 3. The molecule has 3 aliphatic heterocycles. The minimum absolute atomic E-state index is 0.111. The van der Waals surface area contributed by atoms with E-state index >= 15 is 0 Å². The minimum Gasteiger partial charge on any atom is -0.494 e. The van der Waals surface area contributed by atoms with E-state index < -0.39 is 35.6 Å². The number of aliphatic hydroxyl groups excluding tert-OH is 1. The summed E-state index contributed by atoms with van der Waals surface area (Å²) in [6, 6.07) is 5.78. The lowest BCUT2D eigenvalue weighted by molar-refractivity contribution is -0.152. The highest BCUT2D eigenvalue weighted by molar-refractivity contribution is 6.03. The molecule has 236 valence electrons. The number of hydrogen-bond donors (Lipinski definition) is 1. The van der Waals surface area contributed by atoms with Gasteiger partial charge in [-0.1, -0.05) is 45.8 Å². The molecule has 1 aromatic carbocycles. The molecule has 2 unspecified atom stereocenters. The van der Waals surface area contributed by atoms with Gasteiger partial charge in [-0.3, -0.25) is 14.4 Å². The molecule has 3 heterocycles. The van der Waals surface area contributed by atoms with Crippen molar-refractivity contribution in [3.63, 3.8) is 0 Å². The van der Waals surface area contributed by atoms with Gasteiger partial charge in [0, 0.05) is 25.3 Å². The van der Waals surface area contributed by atoms with Crippen LogP contribution in [0.3, 0.4) is 0 Å². The Morgan fingerprint density at radius 3 is 2.42 bits per heavy atom. The number of benzene rings is 1. The second-order valence-corrected chi connectivity index (χ2v) is 12.2. The minimum atomic E-state index is -1.13. The average Bonchev–Trinajstić information content (AvgIpc) is 3.63. The molecule has 0 aromatic heterocycles. The van der Waals surface area contributed by atoms with E-state index in [0.29, 0.717) is 44.0 Å². The Hall–Kier alpha value is -3.17. The van der Waals surface area contributed by atoms with Gasteiger partial charge in [-0.15, -0.1) is 13.2 Å². The van der Waals surface area contributed by atoms with Crippen LogP contribution in [-0.2, 0) is 19.1 Å².